The minimum atomic E-state index is -4.39. The second-order valence-electron chi connectivity index (χ2n) is 16.1. The highest BCUT2D eigenvalue weighted by Crippen LogP contribution is 2.43. The number of epoxide rings is 1. The van der Waals surface area contributed by atoms with Crippen molar-refractivity contribution >= 4 is 19.8 Å². The molecule has 4 atom stereocenters. The van der Waals surface area contributed by atoms with E-state index in [9.17, 15) is 19.0 Å². The minimum absolute atomic E-state index is 0.0219. The number of allylic oxidation sites excluding steroid dienone is 5. The maximum atomic E-state index is 12.7. The van der Waals surface area contributed by atoms with Crippen molar-refractivity contribution in [3.05, 3.63) is 36.5 Å². The van der Waals surface area contributed by atoms with Crippen LogP contribution in [0.4, 0.5) is 0 Å². The maximum Gasteiger partial charge on any atom is 0.472 e. The summed E-state index contributed by atoms with van der Waals surface area (Å²) in [4.78, 5) is 35.3. The first-order chi connectivity index (χ1) is 26.5. The predicted octanol–water partition coefficient (Wildman–Crippen LogP) is 11.1. The van der Waals surface area contributed by atoms with Gasteiger partial charge in [-0.15, -0.1) is 0 Å². The molecule has 0 amide bonds. The number of carbonyl (C=O) groups excluding carboxylic acids is 2. The molecule has 320 valence electrons. The molecule has 1 aliphatic rings. The summed E-state index contributed by atoms with van der Waals surface area (Å²) in [6, 6.07) is 0. The summed E-state index contributed by atoms with van der Waals surface area (Å²) >= 11 is 0. The number of unbranched alkanes of at least 4 members (excludes halogenated alkanes) is 15. The van der Waals surface area contributed by atoms with Gasteiger partial charge in [0.25, 0.3) is 0 Å². The van der Waals surface area contributed by atoms with E-state index in [1.54, 1.807) is 0 Å². The van der Waals surface area contributed by atoms with Gasteiger partial charge in [0.05, 0.1) is 40.0 Å². The number of hydrogen-bond acceptors (Lipinski definition) is 8. The third-order valence-corrected chi connectivity index (χ3v) is 10.6. The third kappa shape index (κ3) is 34.0. The van der Waals surface area contributed by atoms with Crippen LogP contribution in [0.5, 0.6) is 0 Å². The van der Waals surface area contributed by atoms with Gasteiger partial charge >= 0.3 is 19.8 Å². The smallest absolute Gasteiger partial charge is 0.462 e. The number of nitrogens with zero attached hydrogens (tertiary/aromatic N) is 1. The van der Waals surface area contributed by atoms with Gasteiger partial charge in [0.15, 0.2) is 6.10 Å². The molecule has 0 aliphatic carbocycles. The lowest BCUT2D eigenvalue weighted by Crippen LogP contribution is -2.37. The van der Waals surface area contributed by atoms with Gasteiger partial charge in [-0.05, 0) is 44.9 Å². The highest BCUT2D eigenvalue weighted by molar-refractivity contribution is 7.47. The van der Waals surface area contributed by atoms with Crippen molar-refractivity contribution in [1.82, 2.24) is 0 Å². The summed E-state index contributed by atoms with van der Waals surface area (Å²) in [5.74, 6) is -0.867. The van der Waals surface area contributed by atoms with E-state index in [0.29, 0.717) is 36.1 Å². The van der Waals surface area contributed by atoms with Crippen molar-refractivity contribution in [1.29, 1.82) is 0 Å². The number of carbonyl (C=O) groups is 2. The molecule has 1 aliphatic heterocycles. The Bertz CT molecular complexity index is 1100. The number of ether oxygens (including phenoxy) is 3. The number of phosphoric ester groups is 1. The van der Waals surface area contributed by atoms with Crippen LogP contribution in [0.1, 0.15) is 168 Å². The predicted molar refractivity (Wildman–Crippen MR) is 224 cm³/mol. The van der Waals surface area contributed by atoms with Crippen LogP contribution in [0.2, 0.25) is 0 Å². The second-order valence-corrected chi connectivity index (χ2v) is 17.6. The first-order valence-electron chi connectivity index (χ1n) is 21.8. The number of phosphoric acid groups is 1. The normalized spacial score (nSPS) is 17.6. The van der Waals surface area contributed by atoms with Gasteiger partial charge in [0.2, 0.25) is 0 Å². The number of hydrogen-bond donors (Lipinski definition) is 1. The molecular weight excluding hydrogens is 717 g/mol. The van der Waals surface area contributed by atoms with Gasteiger partial charge in [-0.2, -0.15) is 0 Å². The van der Waals surface area contributed by atoms with Crippen LogP contribution in [0.3, 0.4) is 0 Å². The van der Waals surface area contributed by atoms with E-state index in [1.807, 2.05) is 21.1 Å². The Morgan fingerprint density at radius 2 is 1.22 bits per heavy atom. The van der Waals surface area contributed by atoms with Crippen LogP contribution in [-0.2, 0) is 37.4 Å². The lowest BCUT2D eigenvalue weighted by Gasteiger charge is -2.24. The minimum Gasteiger partial charge on any atom is -0.462 e. The summed E-state index contributed by atoms with van der Waals surface area (Å²) < 4.78 is 39.9. The van der Waals surface area contributed by atoms with Crippen molar-refractivity contribution in [2.75, 3.05) is 47.5 Å². The average molecular weight is 799 g/mol. The van der Waals surface area contributed by atoms with Gasteiger partial charge in [0, 0.05) is 12.8 Å². The van der Waals surface area contributed by atoms with Crippen molar-refractivity contribution < 1.29 is 46.8 Å². The highest BCUT2D eigenvalue weighted by atomic mass is 31.2. The highest BCUT2D eigenvalue weighted by Gasteiger charge is 2.36. The Morgan fingerprint density at radius 3 is 1.84 bits per heavy atom. The van der Waals surface area contributed by atoms with Gasteiger partial charge < -0.3 is 23.6 Å². The monoisotopic (exact) mass is 799 g/mol. The number of quaternary nitrogens is 1. The molecule has 0 radical (unpaired) electrons. The molecule has 0 aromatic heterocycles. The molecule has 3 unspecified atom stereocenters. The summed E-state index contributed by atoms with van der Waals surface area (Å²) in [6.07, 6.45) is 38.0. The topological polar surface area (TPSA) is 121 Å². The Hall–Kier alpha value is -1.81. The van der Waals surface area contributed by atoms with E-state index in [4.69, 9.17) is 23.3 Å². The average Bonchev–Trinajstić information content (AvgIpc) is 3.89. The van der Waals surface area contributed by atoms with Crippen LogP contribution in [0, 0.1) is 0 Å². The van der Waals surface area contributed by atoms with Crippen LogP contribution in [-0.4, -0.2) is 87.1 Å². The molecule has 0 aromatic carbocycles. The van der Waals surface area contributed by atoms with Crippen molar-refractivity contribution in [2.45, 2.75) is 186 Å². The molecule has 1 fully saturated rings. The van der Waals surface area contributed by atoms with Gasteiger partial charge in [-0.3, -0.25) is 18.6 Å². The van der Waals surface area contributed by atoms with Crippen LogP contribution >= 0.6 is 7.82 Å². The van der Waals surface area contributed by atoms with Gasteiger partial charge in [-0.25, -0.2) is 4.57 Å². The molecule has 1 N–H and O–H groups in total. The lowest BCUT2D eigenvalue weighted by molar-refractivity contribution is -0.870. The summed E-state index contributed by atoms with van der Waals surface area (Å²) in [5.41, 5.74) is 0. The fourth-order valence-electron chi connectivity index (χ4n) is 6.04. The molecular formula is C44H81NO9P+. The van der Waals surface area contributed by atoms with E-state index in [0.717, 1.165) is 38.5 Å². The summed E-state index contributed by atoms with van der Waals surface area (Å²) in [7, 11) is 1.44. The fourth-order valence-corrected chi connectivity index (χ4v) is 6.78. The quantitative estimate of drug-likeness (QED) is 0.0162. The largest absolute Gasteiger partial charge is 0.472 e. The van der Waals surface area contributed by atoms with Gasteiger partial charge in [0.1, 0.15) is 19.8 Å². The van der Waals surface area contributed by atoms with E-state index in [-0.39, 0.29) is 26.1 Å². The molecule has 0 bridgehead atoms. The zero-order valence-corrected chi connectivity index (χ0v) is 36.5. The lowest BCUT2D eigenvalue weighted by atomic mass is 10.0. The molecule has 1 rings (SSSR count). The standard InChI is InChI=1S/C44H80NO9P/c1-6-8-10-11-12-13-14-15-16-21-24-27-31-35-44(47)53-40(39-52-55(48,49)51-37-36-45(3,4)5)38-50-43(46)34-30-26-23-20-18-17-19-22-25-29-33-42-41(54-42)32-28-9-7-2/h17,19-20,23,25,29,40-42H,6-16,18,21-22,24,26-28,30-39H2,1-5H3/p+1/b19-17-,23-20-,29-25-/t40-,41?,42?/m1/s1. The molecule has 0 saturated carbocycles. The summed E-state index contributed by atoms with van der Waals surface area (Å²) in [5, 5.41) is 0. The van der Waals surface area contributed by atoms with E-state index >= 15 is 0 Å². The molecule has 1 saturated heterocycles. The van der Waals surface area contributed by atoms with Crippen molar-refractivity contribution in [3.8, 4) is 0 Å². The molecule has 55 heavy (non-hydrogen) atoms. The fraction of sp³-hybridized carbons (Fsp3) is 0.818. The van der Waals surface area contributed by atoms with E-state index in [1.165, 1.54) is 89.9 Å². The van der Waals surface area contributed by atoms with E-state index < -0.39 is 32.5 Å². The third-order valence-electron chi connectivity index (χ3n) is 9.60. The second kappa shape index (κ2) is 33.2. The Morgan fingerprint density at radius 1 is 0.673 bits per heavy atom. The number of likely N-dealkylation sites (N-methyl/N-ethyl adjacent to an activating group) is 1. The Labute approximate surface area is 336 Å². The molecule has 10 nitrogen and oxygen atoms in total. The Kier molecular flexibility index (Phi) is 30.9. The molecule has 0 aromatic rings. The zero-order chi connectivity index (χ0) is 40.5. The molecule has 0 spiro atoms. The first kappa shape index (κ1) is 51.2. The van der Waals surface area contributed by atoms with Crippen LogP contribution in [0.25, 0.3) is 0 Å². The summed E-state index contributed by atoms with van der Waals surface area (Å²) in [6.45, 7) is 4.32. The maximum absolute atomic E-state index is 12.7. The zero-order valence-electron chi connectivity index (χ0n) is 35.6. The first-order valence-corrected chi connectivity index (χ1v) is 23.3. The van der Waals surface area contributed by atoms with Crippen molar-refractivity contribution in [3.63, 3.8) is 0 Å². The van der Waals surface area contributed by atoms with Crippen molar-refractivity contribution in [2.24, 2.45) is 0 Å². The molecule has 11 heteroatoms. The SMILES string of the molecule is CCCCCCCCCCCCCCCC(=O)O[C@H](COC(=O)CCC/C=C\C/C=C\C/C=C\CC1OC1CCCCC)COP(=O)(O)OCC[N+](C)(C)C. The van der Waals surface area contributed by atoms with E-state index in [2.05, 4.69) is 50.3 Å². The number of esters is 2. The Balaban J connectivity index is 2.31. The molecule has 1 heterocycles. The van der Waals surface area contributed by atoms with Gasteiger partial charge in [-0.1, -0.05) is 147 Å². The van der Waals surface area contributed by atoms with Crippen LogP contribution < -0.4 is 0 Å². The van der Waals surface area contributed by atoms with Crippen LogP contribution in [0.15, 0.2) is 36.5 Å². The number of rotatable bonds is 38.